The summed E-state index contributed by atoms with van der Waals surface area (Å²) in [6.45, 7) is 11.1. The number of aliphatic hydroxyl groups excluding tert-OH is 1. The molecule has 0 fully saturated rings. The Balaban J connectivity index is 2.67. The minimum Gasteiger partial charge on any atom is -0.496 e. The van der Waals surface area contributed by atoms with Crippen LogP contribution in [0.25, 0.3) is 0 Å². The highest BCUT2D eigenvalue weighted by molar-refractivity contribution is 5.77. The summed E-state index contributed by atoms with van der Waals surface area (Å²) in [6, 6.07) is 0. The summed E-state index contributed by atoms with van der Waals surface area (Å²) in [5, 5.41) is 9.59. The summed E-state index contributed by atoms with van der Waals surface area (Å²) in [4.78, 5) is 4.28. The van der Waals surface area contributed by atoms with Gasteiger partial charge in [-0.25, -0.2) is 4.99 Å². The maximum absolute atomic E-state index is 9.59. The second kappa shape index (κ2) is 5.52. The van der Waals surface area contributed by atoms with Gasteiger partial charge in [0, 0.05) is 12.1 Å². The van der Waals surface area contributed by atoms with E-state index in [2.05, 4.69) is 45.7 Å². The van der Waals surface area contributed by atoms with E-state index in [9.17, 15) is 5.11 Å². The number of nitrogens with zero attached hydrogens (tertiary/aromatic N) is 1. The molecule has 0 aliphatic carbocycles. The van der Waals surface area contributed by atoms with Crippen molar-refractivity contribution >= 4 is 5.90 Å². The Hall–Kier alpha value is -1.05. The molecule has 0 amide bonds. The molecule has 1 aliphatic rings. The van der Waals surface area contributed by atoms with Crippen LogP contribution in [0.1, 0.15) is 53.9 Å². The molecule has 0 spiro atoms. The number of allylic oxidation sites excluding steroid dienone is 3. The van der Waals surface area contributed by atoms with Crippen LogP contribution in [0.5, 0.6) is 0 Å². The standard InChI is InChI=1S/C15H25NO/c1-11-6-7-14(17)16-13(8-11)9-12(2)10-15(3,4)5/h6,8,12H,7,9-10H2,1-5H3,(H,16,17). The predicted octanol–water partition coefficient (Wildman–Crippen LogP) is 4.64. The van der Waals surface area contributed by atoms with Gasteiger partial charge in [-0.1, -0.05) is 39.3 Å². The average molecular weight is 235 g/mol. The van der Waals surface area contributed by atoms with Gasteiger partial charge in [-0.05, 0) is 37.2 Å². The van der Waals surface area contributed by atoms with Crippen molar-refractivity contribution < 1.29 is 5.11 Å². The Morgan fingerprint density at radius 1 is 1.41 bits per heavy atom. The monoisotopic (exact) mass is 235 g/mol. The van der Waals surface area contributed by atoms with Crippen molar-refractivity contribution in [3.63, 3.8) is 0 Å². The van der Waals surface area contributed by atoms with Crippen LogP contribution in [0, 0.1) is 11.3 Å². The summed E-state index contributed by atoms with van der Waals surface area (Å²) in [7, 11) is 0. The average Bonchev–Trinajstić information content (AvgIpc) is 2.24. The van der Waals surface area contributed by atoms with Crippen LogP contribution in [0.4, 0.5) is 0 Å². The van der Waals surface area contributed by atoms with Crippen LogP contribution in [-0.2, 0) is 0 Å². The van der Waals surface area contributed by atoms with Crippen LogP contribution in [-0.4, -0.2) is 11.0 Å². The van der Waals surface area contributed by atoms with Crippen LogP contribution in [0.15, 0.2) is 28.4 Å². The lowest BCUT2D eigenvalue weighted by molar-refractivity contribution is 0.305. The molecule has 0 aromatic rings. The molecule has 1 rings (SSSR count). The molecule has 0 aromatic carbocycles. The van der Waals surface area contributed by atoms with E-state index in [4.69, 9.17) is 0 Å². The topological polar surface area (TPSA) is 32.6 Å². The molecule has 1 atom stereocenters. The number of rotatable bonds is 3. The lowest BCUT2D eigenvalue weighted by Gasteiger charge is -2.23. The molecule has 0 bridgehead atoms. The van der Waals surface area contributed by atoms with Gasteiger partial charge in [0.2, 0.25) is 0 Å². The van der Waals surface area contributed by atoms with Crippen LogP contribution in [0.3, 0.4) is 0 Å². The van der Waals surface area contributed by atoms with E-state index in [-0.39, 0.29) is 5.90 Å². The van der Waals surface area contributed by atoms with E-state index < -0.39 is 0 Å². The quantitative estimate of drug-likeness (QED) is 0.759. The third kappa shape index (κ3) is 5.71. The normalized spacial score (nSPS) is 19.0. The van der Waals surface area contributed by atoms with Crippen molar-refractivity contribution in [2.45, 2.75) is 53.9 Å². The van der Waals surface area contributed by atoms with Gasteiger partial charge in [-0.2, -0.15) is 0 Å². The molecule has 1 aliphatic heterocycles. The molecule has 1 unspecified atom stereocenters. The first kappa shape index (κ1) is 14.0. The summed E-state index contributed by atoms with van der Waals surface area (Å²) in [6.07, 6.45) is 6.76. The van der Waals surface area contributed by atoms with Crippen molar-refractivity contribution in [2.75, 3.05) is 0 Å². The molecule has 0 saturated heterocycles. The second-order valence-electron chi connectivity index (χ2n) is 6.39. The van der Waals surface area contributed by atoms with E-state index in [0.29, 0.717) is 17.8 Å². The molecule has 2 nitrogen and oxygen atoms in total. The third-order valence-electron chi connectivity index (χ3n) is 2.79. The minimum absolute atomic E-state index is 0.232. The first-order valence-electron chi connectivity index (χ1n) is 6.40. The summed E-state index contributed by atoms with van der Waals surface area (Å²) < 4.78 is 0. The highest BCUT2D eigenvalue weighted by Crippen LogP contribution is 2.29. The fraction of sp³-hybridized carbons (Fsp3) is 0.667. The maximum atomic E-state index is 9.59. The zero-order chi connectivity index (χ0) is 13.1. The molecular formula is C15H25NO. The van der Waals surface area contributed by atoms with Gasteiger partial charge < -0.3 is 5.11 Å². The van der Waals surface area contributed by atoms with Gasteiger partial charge >= 0.3 is 0 Å². The fourth-order valence-corrected chi connectivity index (χ4v) is 2.40. The van der Waals surface area contributed by atoms with Crippen molar-refractivity contribution in [3.8, 4) is 0 Å². The summed E-state index contributed by atoms with van der Waals surface area (Å²) in [5.41, 5.74) is 2.54. The molecule has 96 valence electrons. The van der Waals surface area contributed by atoms with Crippen LogP contribution < -0.4 is 0 Å². The van der Waals surface area contributed by atoms with Crippen molar-refractivity contribution in [2.24, 2.45) is 16.3 Å². The first-order chi connectivity index (χ1) is 7.76. The van der Waals surface area contributed by atoms with E-state index in [1.54, 1.807) is 0 Å². The number of hydrogen-bond acceptors (Lipinski definition) is 1. The van der Waals surface area contributed by atoms with E-state index >= 15 is 0 Å². The molecule has 0 aromatic heterocycles. The fourth-order valence-electron chi connectivity index (χ4n) is 2.40. The molecule has 0 radical (unpaired) electrons. The van der Waals surface area contributed by atoms with Gasteiger partial charge in [-0.3, -0.25) is 0 Å². The smallest absolute Gasteiger partial charge is 0.189 e. The first-order valence-corrected chi connectivity index (χ1v) is 6.40. The number of aliphatic imine (C=N–C) groups is 1. The Kier molecular flexibility index (Phi) is 4.55. The van der Waals surface area contributed by atoms with Crippen molar-refractivity contribution in [3.05, 3.63) is 23.4 Å². The molecule has 17 heavy (non-hydrogen) atoms. The van der Waals surface area contributed by atoms with Gasteiger partial charge in [0.25, 0.3) is 0 Å². The molecule has 0 saturated carbocycles. The third-order valence-corrected chi connectivity index (χ3v) is 2.79. The Morgan fingerprint density at radius 2 is 2.06 bits per heavy atom. The lowest BCUT2D eigenvalue weighted by Crippen LogP contribution is -2.11. The van der Waals surface area contributed by atoms with Crippen LogP contribution in [0.2, 0.25) is 0 Å². The number of hydrogen-bond donors (Lipinski definition) is 1. The Morgan fingerprint density at radius 3 is 2.65 bits per heavy atom. The van der Waals surface area contributed by atoms with Crippen LogP contribution >= 0.6 is 0 Å². The second-order valence-corrected chi connectivity index (χ2v) is 6.39. The van der Waals surface area contributed by atoms with Crippen molar-refractivity contribution in [1.29, 1.82) is 0 Å². The Labute approximate surface area is 105 Å². The largest absolute Gasteiger partial charge is 0.496 e. The van der Waals surface area contributed by atoms with Gasteiger partial charge in [0.05, 0.1) is 0 Å². The van der Waals surface area contributed by atoms with Crippen molar-refractivity contribution in [1.82, 2.24) is 0 Å². The van der Waals surface area contributed by atoms with E-state index in [0.717, 1.165) is 12.1 Å². The lowest BCUT2D eigenvalue weighted by atomic mass is 9.83. The van der Waals surface area contributed by atoms with Gasteiger partial charge in [-0.15, -0.1) is 0 Å². The van der Waals surface area contributed by atoms with Gasteiger partial charge in [0.15, 0.2) is 5.90 Å². The van der Waals surface area contributed by atoms with E-state index in [1.807, 2.05) is 6.08 Å². The molecular weight excluding hydrogens is 210 g/mol. The SMILES string of the molecule is CC1=CCC(O)=NC(CC(C)CC(C)(C)C)=C1. The summed E-state index contributed by atoms with van der Waals surface area (Å²) >= 11 is 0. The molecule has 1 heterocycles. The van der Waals surface area contributed by atoms with Gasteiger partial charge in [0.1, 0.15) is 0 Å². The zero-order valence-electron chi connectivity index (χ0n) is 11.7. The molecule has 2 heteroatoms. The highest BCUT2D eigenvalue weighted by Gasteiger charge is 2.17. The minimum atomic E-state index is 0.232. The Bertz CT molecular complexity index is 356. The highest BCUT2D eigenvalue weighted by atomic mass is 16.3. The maximum Gasteiger partial charge on any atom is 0.189 e. The van der Waals surface area contributed by atoms with E-state index in [1.165, 1.54) is 12.0 Å². The number of aliphatic hydroxyl groups is 1. The predicted molar refractivity (Wildman–Crippen MR) is 74.4 cm³/mol. The summed E-state index contributed by atoms with van der Waals surface area (Å²) in [5.74, 6) is 0.819. The molecule has 1 N–H and O–H groups in total. The zero-order valence-corrected chi connectivity index (χ0v) is 11.7.